The van der Waals surface area contributed by atoms with Gasteiger partial charge in [-0.15, -0.1) is 0 Å². The average Bonchev–Trinajstić information content (AvgIpc) is 2.89. The van der Waals surface area contributed by atoms with Crippen LogP contribution in [0.15, 0.2) is 48.3 Å². The van der Waals surface area contributed by atoms with Crippen molar-refractivity contribution in [2.45, 2.75) is 6.54 Å². The van der Waals surface area contributed by atoms with Crippen molar-refractivity contribution in [2.24, 2.45) is 0 Å². The summed E-state index contributed by atoms with van der Waals surface area (Å²) in [6.45, 7) is 0.670. The molecule has 1 heterocycles. The number of hydrogen-bond acceptors (Lipinski definition) is 3. The van der Waals surface area contributed by atoms with Gasteiger partial charge in [0, 0.05) is 12.4 Å². The second kappa shape index (κ2) is 5.47. The number of hydrogen-bond donors (Lipinski definition) is 0. The van der Waals surface area contributed by atoms with Crippen molar-refractivity contribution in [3.8, 4) is 12.1 Å². The molecule has 86 valence electrons. The van der Waals surface area contributed by atoms with Gasteiger partial charge in [-0.25, -0.2) is 0 Å². The Morgan fingerprint density at radius 2 is 2.11 bits per heavy atom. The lowest BCUT2D eigenvalue weighted by molar-refractivity contribution is 0.687. The highest BCUT2D eigenvalue weighted by Crippen LogP contribution is 2.10. The summed E-state index contributed by atoms with van der Waals surface area (Å²) in [7, 11) is 0. The third kappa shape index (κ3) is 2.84. The number of nitriles is 2. The maximum absolute atomic E-state index is 8.71. The van der Waals surface area contributed by atoms with Crippen LogP contribution < -0.4 is 0 Å². The van der Waals surface area contributed by atoms with E-state index in [-0.39, 0.29) is 5.57 Å². The standard InChI is InChI=1S/C14H10N4/c15-9-14(10-16)8-12-3-1-4-13(7-12)11-18-6-2-5-17-18/h1-8H,11H2. The number of allylic oxidation sites excluding steroid dienone is 1. The van der Waals surface area contributed by atoms with E-state index in [1.807, 2.05) is 53.3 Å². The Kier molecular flexibility index (Phi) is 3.53. The maximum Gasteiger partial charge on any atom is 0.130 e. The smallest absolute Gasteiger partial charge is 0.130 e. The van der Waals surface area contributed by atoms with Gasteiger partial charge >= 0.3 is 0 Å². The van der Waals surface area contributed by atoms with Gasteiger partial charge in [0.15, 0.2) is 0 Å². The molecule has 0 atom stereocenters. The van der Waals surface area contributed by atoms with E-state index in [0.29, 0.717) is 6.54 Å². The fourth-order valence-corrected chi connectivity index (χ4v) is 1.62. The molecule has 0 amide bonds. The molecule has 18 heavy (non-hydrogen) atoms. The third-order valence-corrected chi connectivity index (χ3v) is 2.41. The topological polar surface area (TPSA) is 65.4 Å². The SMILES string of the molecule is N#CC(C#N)=Cc1cccc(Cn2cccn2)c1. The Labute approximate surface area is 105 Å². The lowest BCUT2D eigenvalue weighted by atomic mass is 10.1. The Bertz CT molecular complexity index is 623. The lowest BCUT2D eigenvalue weighted by Crippen LogP contribution is -1.99. The molecule has 4 nitrogen and oxygen atoms in total. The maximum atomic E-state index is 8.71. The van der Waals surface area contributed by atoms with Gasteiger partial charge in [-0.1, -0.05) is 18.2 Å². The molecule has 0 aliphatic heterocycles. The second-order valence-corrected chi connectivity index (χ2v) is 3.73. The highest BCUT2D eigenvalue weighted by Gasteiger charge is 1.98. The van der Waals surface area contributed by atoms with Crippen molar-refractivity contribution < 1.29 is 0 Å². The minimum atomic E-state index is 0.103. The van der Waals surface area contributed by atoms with Gasteiger partial charge in [0.25, 0.3) is 0 Å². The zero-order valence-corrected chi connectivity index (χ0v) is 9.61. The summed E-state index contributed by atoms with van der Waals surface area (Å²) in [6.07, 6.45) is 5.19. The molecule has 0 aliphatic rings. The van der Waals surface area contributed by atoms with E-state index in [1.54, 1.807) is 12.3 Å². The summed E-state index contributed by atoms with van der Waals surface area (Å²) < 4.78 is 1.82. The molecule has 0 unspecified atom stereocenters. The van der Waals surface area contributed by atoms with E-state index in [4.69, 9.17) is 10.5 Å². The van der Waals surface area contributed by atoms with Crippen molar-refractivity contribution in [3.63, 3.8) is 0 Å². The van der Waals surface area contributed by atoms with E-state index < -0.39 is 0 Å². The summed E-state index contributed by atoms with van der Waals surface area (Å²) in [5, 5.41) is 21.5. The highest BCUT2D eigenvalue weighted by molar-refractivity contribution is 5.62. The summed E-state index contributed by atoms with van der Waals surface area (Å²) in [6, 6.07) is 13.3. The van der Waals surface area contributed by atoms with Crippen LogP contribution in [0.4, 0.5) is 0 Å². The third-order valence-electron chi connectivity index (χ3n) is 2.41. The fourth-order valence-electron chi connectivity index (χ4n) is 1.62. The number of nitrogens with zero attached hydrogens (tertiary/aromatic N) is 4. The van der Waals surface area contributed by atoms with Crippen LogP contribution in [0.25, 0.3) is 6.08 Å². The molecule has 0 saturated carbocycles. The van der Waals surface area contributed by atoms with Crippen LogP contribution in [0.1, 0.15) is 11.1 Å². The predicted octanol–water partition coefficient (Wildman–Crippen LogP) is 2.36. The van der Waals surface area contributed by atoms with E-state index in [0.717, 1.165) is 11.1 Å². The summed E-state index contributed by atoms with van der Waals surface area (Å²) in [5.74, 6) is 0. The molecule has 1 aromatic carbocycles. The summed E-state index contributed by atoms with van der Waals surface area (Å²) >= 11 is 0. The molecule has 0 radical (unpaired) electrons. The highest BCUT2D eigenvalue weighted by atomic mass is 15.3. The van der Waals surface area contributed by atoms with Crippen LogP contribution in [-0.4, -0.2) is 9.78 Å². The zero-order valence-electron chi connectivity index (χ0n) is 9.61. The summed E-state index contributed by atoms with van der Waals surface area (Å²) in [4.78, 5) is 0. The van der Waals surface area contributed by atoms with Crippen LogP contribution >= 0.6 is 0 Å². The quantitative estimate of drug-likeness (QED) is 0.766. The molecule has 0 bridgehead atoms. The first-order chi connectivity index (χ1) is 8.81. The molecule has 0 N–H and O–H groups in total. The van der Waals surface area contributed by atoms with Gasteiger partial charge in [-0.3, -0.25) is 4.68 Å². The number of benzene rings is 1. The van der Waals surface area contributed by atoms with E-state index >= 15 is 0 Å². The van der Waals surface area contributed by atoms with Gasteiger partial charge in [0.1, 0.15) is 17.7 Å². The second-order valence-electron chi connectivity index (χ2n) is 3.73. The minimum Gasteiger partial charge on any atom is -0.268 e. The molecule has 2 aromatic rings. The molecule has 0 spiro atoms. The van der Waals surface area contributed by atoms with Crippen molar-refractivity contribution in [1.29, 1.82) is 10.5 Å². The normalized spacial score (nSPS) is 9.22. The Balaban J connectivity index is 2.24. The molecule has 2 rings (SSSR count). The van der Waals surface area contributed by atoms with Gasteiger partial charge in [-0.05, 0) is 29.3 Å². The van der Waals surface area contributed by atoms with Crippen molar-refractivity contribution in [1.82, 2.24) is 9.78 Å². The van der Waals surface area contributed by atoms with Gasteiger partial charge in [0.2, 0.25) is 0 Å². The number of rotatable bonds is 3. The predicted molar refractivity (Wildman–Crippen MR) is 67.0 cm³/mol. The molecule has 0 fully saturated rings. The van der Waals surface area contributed by atoms with Crippen molar-refractivity contribution in [2.75, 3.05) is 0 Å². The van der Waals surface area contributed by atoms with Crippen LogP contribution in [-0.2, 0) is 6.54 Å². The van der Waals surface area contributed by atoms with Crippen molar-refractivity contribution in [3.05, 3.63) is 59.4 Å². The first-order valence-electron chi connectivity index (χ1n) is 5.40. The first kappa shape index (κ1) is 11.6. The Hall–Kier alpha value is -2.85. The molecular formula is C14H10N4. The largest absolute Gasteiger partial charge is 0.268 e. The van der Waals surface area contributed by atoms with E-state index in [2.05, 4.69) is 5.10 Å². The number of aromatic nitrogens is 2. The Morgan fingerprint density at radius 1 is 1.28 bits per heavy atom. The molecule has 0 saturated heterocycles. The van der Waals surface area contributed by atoms with Gasteiger partial charge < -0.3 is 0 Å². The lowest BCUT2D eigenvalue weighted by Gasteiger charge is -2.03. The van der Waals surface area contributed by atoms with Crippen molar-refractivity contribution >= 4 is 6.08 Å². The molecular weight excluding hydrogens is 224 g/mol. The van der Waals surface area contributed by atoms with E-state index in [1.165, 1.54) is 0 Å². The fraction of sp³-hybridized carbons (Fsp3) is 0.0714. The minimum absolute atomic E-state index is 0.103. The Morgan fingerprint density at radius 3 is 2.78 bits per heavy atom. The van der Waals surface area contributed by atoms with Crippen LogP contribution in [0.3, 0.4) is 0 Å². The van der Waals surface area contributed by atoms with Crippen LogP contribution in [0.5, 0.6) is 0 Å². The summed E-state index contributed by atoms with van der Waals surface area (Å²) in [5.41, 5.74) is 2.02. The molecule has 1 aromatic heterocycles. The van der Waals surface area contributed by atoms with Gasteiger partial charge in [-0.2, -0.15) is 15.6 Å². The zero-order chi connectivity index (χ0) is 12.8. The van der Waals surface area contributed by atoms with Crippen LogP contribution in [0, 0.1) is 22.7 Å². The van der Waals surface area contributed by atoms with Gasteiger partial charge in [0.05, 0.1) is 6.54 Å². The van der Waals surface area contributed by atoms with Crippen LogP contribution in [0.2, 0.25) is 0 Å². The first-order valence-corrected chi connectivity index (χ1v) is 5.40. The molecule has 0 aliphatic carbocycles. The van der Waals surface area contributed by atoms with E-state index in [9.17, 15) is 0 Å². The molecule has 4 heteroatoms. The average molecular weight is 234 g/mol. The monoisotopic (exact) mass is 234 g/mol.